The molecule has 0 fully saturated rings. The van der Waals surface area contributed by atoms with Gasteiger partial charge in [0.05, 0.1) is 0 Å². The van der Waals surface area contributed by atoms with Crippen molar-refractivity contribution in [1.29, 1.82) is 0 Å². The van der Waals surface area contributed by atoms with E-state index in [1.54, 1.807) is 0 Å². The van der Waals surface area contributed by atoms with Crippen molar-refractivity contribution in [3.8, 4) is 0 Å². The molecule has 0 heterocycles. The summed E-state index contributed by atoms with van der Waals surface area (Å²) < 4.78 is 16.7. The van der Waals surface area contributed by atoms with Gasteiger partial charge in [-0.05, 0) is 116 Å². The minimum atomic E-state index is -0.790. The molecular weight excluding hydrogens is 925 g/mol. The van der Waals surface area contributed by atoms with Gasteiger partial charge in [0.2, 0.25) is 0 Å². The molecule has 0 aromatic rings. The van der Waals surface area contributed by atoms with E-state index in [1.165, 1.54) is 64.2 Å². The summed E-state index contributed by atoms with van der Waals surface area (Å²) >= 11 is 0. The first-order valence-corrected chi connectivity index (χ1v) is 30.7. The molecule has 0 aliphatic heterocycles. The van der Waals surface area contributed by atoms with Crippen LogP contribution in [0.2, 0.25) is 0 Å². The smallest absolute Gasteiger partial charge is 0.306 e. The lowest BCUT2D eigenvalue weighted by Gasteiger charge is -2.18. The SMILES string of the molecule is CC/C=C\C/C=C\C/C=C\C/C=C\C/C=C\C/C=C\CCCCCCCCCCCCCCC(=O)OCC(COC(=O)CCCCCCC)OC(=O)CCCCCCC/C=C\C/C=C\C/C=C\C/C=C\C/C=C\CC. The van der Waals surface area contributed by atoms with Crippen LogP contribution in [0.1, 0.15) is 265 Å². The molecule has 0 amide bonds. The minimum Gasteiger partial charge on any atom is -0.462 e. The van der Waals surface area contributed by atoms with Crippen LogP contribution in [0, 0.1) is 0 Å². The highest BCUT2D eigenvalue weighted by Gasteiger charge is 2.19. The largest absolute Gasteiger partial charge is 0.462 e. The number of allylic oxidation sites excluding steroid dienone is 22. The second-order valence-electron chi connectivity index (χ2n) is 19.9. The van der Waals surface area contributed by atoms with Crippen molar-refractivity contribution >= 4 is 17.9 Å². The topological polar surface area (TPSA) is 78.9 Å². The van der Waals surface area contributed by atoms with Gasteiger partial charge in [-0.3, -0.25) is 14.4 Å². The second-order valence-corrected chi connectivity index (χ2v) is 19.9. The van der Waals surface area contributed by atoms with Crippen LogP contribution in [0.25, 0.3) is 0 Å². The van der Waals surface area contributed by atoms with Gasteiger partial charge in [0, 0.05) is 19.3 Å². The zero-order valence-corrected chi connectivity index (χ0v) is 48.5. The molecule has 0 aromatic carbocycles. The maximum Gasteiger partial charge on any atom is 0.306 e. The lowest BCUT2D eigenvalue weighted by molar-refractivity contribution is -0.167. The van der Waals surface area contributed by atoms with Crippen molar-refractivity contribution in [2.24, 2.45) is 0 Å². The molecule has 0 rings (SSSR count). The predicted octanol–water partition coefficient (Wildman–Crippen LogP) is 21.0. The van der Waals surface area contributed by atoms with Gasteiger partial charge in [-0.15, -0.1) is 0 Å². The van der Waals surface area contributed by atoms with E-state index in [0.29, 0.717) is 19.3 Å². The van der Waals surface area contributed by atoms with Crippen LogP contribution in [0.4, 0.5) is 0 Å². The fourth-order valence-corrected chi connectivity index (χ4v) is 8.12. The summed E-state index contributed by atoms with van der Waals surface area (Å²) in [6, 6.07) is 0. The fraction of sp³-hybridized carbons (Fsp3) is 0.638. The Bertz CT molecular complexity index is 1620. The van der Waals surface area contributed by atoms with Gasteiger partial charge >= 0.3 is 17.9 Å². The third-order valence-electron chi connectivity index (χ3n) is 12.7. The summed E-state index contributed by atoms with van der Waals surface area (Å²) in [5, 5.41) is 0. The van der Waals surface area contributed by atoms with Crippen LogP contribution in [0.3, 0.4) is 0 Å². The Labute approximate surface area is 462 Å². The summed E-state index contributed by atoms with van der Waals surface area (Å²) in [7, 11) is 0. The van der Waals surface area contributed by atoms with Gasteiger partial charge in [0.15, 0.2) is 6.10 Å². The zero-order valence-electron chi connectivity index (χ0n) is 48.5. The number of ether oxygens (including phenoxy) is 3. The molecule has 0 aliphatic carbocycles. The number of hydrogen-bond donors (Lipinski definition) is 0. The molecule has 0 aliphatic rings. The molecule has 6 nitrogen and oxygen atoms in total. The van der Waals surface area contributed by atoms with E-state index in [4.69, 9.17) is 14.2 Å². The highest BCUT2D eigenvalue weighted by molar-refractivity contribution is 5.71. The quantitative estimate of drug-likeness (QED) is 0.0261. The average molecular weight is 1040 g/mol. The summed E-state index contributed by atoms with van der Waals surface area (Å²) in [5.41, 5.74) is 0. The third kappa shape index (κ3) is 60.3. The van der Waals surface area contributed by atoms with Gasteiger partial charge in [-0.1, -0.05) is 264 Å². The van der Waals surface area contributed by atoms with E-state index in [2.05, 4.69) is 154 Å². The Hall–Kier alpha value is -4.45. The Morgan fingerprint density at radius 3 is 0.813 bits per heavy atom. The number of esters is 3. The van der Waals surface area contributed by atoms with Crippen molar-refractivity contribution in [1.82, 2.24) is 0 Å². The molecule has 1 unspecified atom stereocenters. The lowest BCUT2D eigenvalue weighted by atomic mass is 10.0. The zero-order chi connectivity index (χ0) is 54.3. The summed E-state index contributed by atoms with van der Waals surface area (Å²) in [4.78, 5) is 37.9. The average Bonchev–Trinajstić information content (AvgIpc) is 3.41. The normalized spacial score (nSPS) is 13.1. The first-order valence-electron chi connectivity index (χ1n) is 30.7. The Balaban J connectivity index is 4.09. The highest BCUT2D eigenvalue weighted by atomic mass is 16.6. The van der Waals surface area contributed by atoms with E-state index >= 15 is 0 Å². The van der Waals surface area contributed by atoms with E-state index in [-0.39, 0.29) is 31.1 Å². The number of unbranched alkanes of at least 4 members (excludes halogenated alkanes) is 21. The van der Waals surface area contributed by atoms with Gasteiger partial charge in [-0.2, -0.15) is 0 Å². The Morgan fingerprint density at radius 2 is 0.520 bits per heavy atom. The van der Waals surface area contributed by atoms with Crippen molar-refractivity contribution in [3.63, 3.8) is 0 Å². The van der Waals surface area contributed by atoms with Crippen LogP contribution < -0.4 is 0 Å². The van der Waals surface area contributed by atoms with Gasteiger partial charge in [-0.25, -0.2) is 0 Å². The Morgan fingerprint density at radius 1 is 0.280 bits per heavy atom. The van der Waals surface area contributed by atoms with E-state index < -0.39 is 6.10 Å². The van der Waals surface area contributed by atoms with Crippen LogP contribution in [0.5, 0.6) is 0 Å². The van der Waals surface area contributed by atoms with Crippen LogP contribution in [-0.2, 0) is 28.6 Å². The fourth-order valence-electron chi connectivity index (χ4n) is 8.12. The maximum atomic E-state index is 12.8. The summed E-state index contributed by atoms with van der Waals surface area (Å²) in [6.45, 7) is 6.31. The van der Waals surface area contributed by atoms with Crippen LogP contribution in [-0.4, -0.2) is 37.2 Å². The summed E-state index contributed by atoms with van der Waals surface area (Å²) in [6.07, 6.45) is 87.8. The molecule has 1 atom stereocenters. The van der Waals surface area contributed by atoms with Gasteiger partial charge in [0.25, 0.3) is 0 Å². The van der Waals surface area contributed by atoms with Crippen molar-refractivity contribution in [2.75, 3.05) is 13.2 Å². The molecule has 0 saturated heterocycles. The van der Waals surface area contributed by atoms with Crippen molar-refractivity contribution in [3.05, 3.63) is 134 Å². The molecule has 424 valence electrons. The Kier molecular flexibility index (Phi) is 58.4. The standard InChI is InChI=1S/C69H112O6/c1-4-7-10-13-15-17-19-21-23-25-27-29-30-31-32-33-34-35-36-37-38-40-41-43-45-47-49-51-53-56-59-62-68(71)74-65-66(64-73-67(70)61-58-55-12-9-6-3)75-69(72)63-60-57-54-52-50-48-46-44-42-39-28-26-24-22-20-18-16-14-11-8-5-2/h7-8,10-11,15-18,21-24,27-29,31-32,34-35,39,44,46,66H,4-6,9,12-14,19-20,25-26,30,33,36-38,40-43,45,47-65H2,1-3H3/b10-7-,11-8-,17-15-,18-16-,23-21-,24-22-,29-27-,32-31-,35-34-,39-28-,46-44-. The third-order valence-corrected chi connectivity index (χ3v) is 12.7. The summed E-state index contributed by atoms with van der Waals surface area (Å²) in [5.74, 6) is -0.926. The molecule has 6 heteroatoms. The van der Waals surface area contributed by atoms with Crippen molar-refractivity contribution in [2.45, 2.75) is 271 Å². The molecule has 75 heavy (non-hydrogen) atoms. The first kappa shape index (κ1) is 70.5. The molecule has 0 saturated carbocycles. The van der Waals surface area contributed by atoms with E-state index in [1.807, 2.05) is 0 Å². The van der Waals surface area contributed by atoms with E-state index in [9.17, 15) is 14.4 Å². The lowest BCUT2D eigenvalue weighted by Crippen LogP contribution is -2.30. The molecule has 0 N–H and O–H groups in total. The molecule has 0 radical (unpaired) electrons. The molecular formula is C69H112O6. The number of carbonyl (C=O) groups excluding carboxylic acids is 3. The number of carbonyl (C=O) groups is 3. The van der Waals surface area contributed by atoms with Gasteiger partial charge in [0.1, 0.15) is 13.2 Å². The van der Waals surface area contributed by atoms with Crippen molar-refractivity contribution < 1.29 is 28.6 Å². The number of rotatable bonds is 54. The molecule has 0 aromatic heterocycles. The highest BCUT2D eigenvalue weighted by Crippen LogP contribution is 2.15. The van der Waals surface area contributed by atoms with Crippen LogP contribution in [0.15, 0.2) is 134 Å². The number of hydrogen-bond acceptors (Lipinski definition) is 6. The molecule has 0 spiro atoms. The minimum absolute atomic E-state index is 0.0896. The first-order chi connectivity index (χ1) is 37.0. The monoisotopic (exact) mass is 1040 g/mol. The van der Waals surface area contributed by atoms with Crippen LogP contribution >= 0.6 is 0 Å². The van der Waals surface area contributed by atoms with Gasteiger partial charge < -0.3 is 14.2 Å². The predicted molar refractivity (Wildman–Crippen MR) is 325 cm³/mol. The second kappa shape index (κ2) is 62.1. The maximum absolute atomic E-state index is 12.8. The molecule has 0 bridgehead atoms. The van der Waals surface area contributed by atoms with E-state index in [0.717, 1.165) is 161 Å².